The molecule has 0 fully saturated rings. The summed E-state index contributed by atoms with van der Waals surface area (Å²) in [6.07, 6.45) is 2.07. The number of nitrogens with two attached hydrogens (primary N) is 1. The molecule has 0 aliphatic rings. The van der Waals surface area contributed by atoms with Gasteiger partial charge in [-0.05, 0) is 26.3 Å². The van der Waals surface area contributed by atoms with Crippen LogP contribution in [0.3, 0.4) is 0 Å². The standard InChI is InChI=1S/C13H24N4O/c1-4-6-8-16(9-7-14)13(18)12-10-11(3)15-17(12)5-2/h10H,4-9,14H2,1-3H3. The molecule has 0 saturated heterocycles. The molecule has 1 heterocycles. The number of carbonyl (C=O) groups excluding carboxylic acids is 1. The normalized spacial score (nSPS) is 10.7. The van der Waals surface area contributed by atoms with Crippen LogP contribution in [-0.2, 0) is 6.54 Å². The van der Waals surface area contributed by atoms with Crippen molar-refractivity contribution in [1.29, 1.82) is 0 Å². The third-order valence-corrected chi connectivity index (χ3v) is 2.89. The summed E-state index contributed by atoms with van der Waals surface area (Å²) in [6.45, 7) is 8.58. The minimum Gasteiger partial charge on any atom is -0.336 e. The maximum atomic E-state index is 12.4. The Morgan fingerprint density at radius 2 is 2.17 bits per heavy atom. The fraction of sp³-hybridized carbons (Fsp3) is 0.692. The molecule has 0 aliphatic carbocycles. The topological polar surface area (TPSA) is 64.2 Å². The quantitative estimate of drug-likeness (QED) is 0.798. The Morgan fingerprint density at radius 1 is 1.44 bits per heavy atom. The predicted octanol–water partition coefficient (Wildman–Crippen LogP) is 1.41. The van der Waals surface area contributed by atoms with Gasteiger partial charge in [0.2, 0.25) is 0 Å². The number of hydrogen-bond acceptors (Lipinski definition) is 3. The molecule has 5 heteroatoms. The highest BCUT2D eigenvalue weighted by atomic mass is 16.2. The Kier molecular flexibility index (Phi) is 5.85. The molecule has 0 aliphatic heterocycles. The molecule has 0 spiro atoms. The van der Waals surface area contributed by atoms with Crippen molar-refractivity contribution in [2.24, 2.45) is 5.73 Å². The fourth-order valence-corrected chi connectivity index (χ4v) is 1.94. The Bertz CT molecular complexity index is 386. The van der Waals surface area contributed by atoms with E-state index in [-0.39, 0.29) is 5.91 Å². The Hall–Kier alpha value is -1.36. The maximum absolute atomic E-state index is 12.4. The van der Waals surface area contributed by atoms with Crippen molar-refractivity contribution in [3.05, 3.63) is 17.5 Å². The lowest BCUT2D eigenvalue weighted by Crippen LogP contribution is -2.37. The molecule has 0 atom stereocenters. The number of nitrogens with zero attached hydrogens (tertiary/aromatic N) is 3. The minimum absolute atomic E-state index is 0.0383. The molecule has 0 radical (unpaired) electrons. The van der Waals surface area contributed by atoms with E-state index in [9.17, 15) is 4.79 Å². The van der Waals surface area contributed by atoms with E-state index >= 15 is 0 Å². The molecule has 1 aromatic heterocycles. The SMILES string of the molecule is CCCCN(CCN)C(=O)c1cc(C)nn1CC. The van der Waals surface area contributed by atoms with Crippen LogP contribution in [0.1, 0.15) is 42.9 Å². The molecule has 0 unspecified atom stereocenters. The van der Waals surface area contributed by atoms with Crippen molar-refractivity contribution in [3.8, 4) is 0 Å². The number of unbranched alkanes of at least 4 members (excludes halogenated alkanes) is 1. The monoisotopic (exact) mass is 252 g/mol. The van der Waals surface area contributed by atoms with E-state index in [2.05, 4.69) is 12.0 Å². The summed E-state index contributed by atoms with van der Waals surface area (Å²) in [5, 5.41) is 4.31. The third kappa shape index (κ3) is 3.57. The van der Waals surface area contributed by atoms with Gasteiger partial charge in [0, 0.05) is 26.2 Å². The van der Waals surface area contributed by atoms with Gasteiger partial charge in [-0.15, -0.1) is 0 Å². The number of aryl methyl sites for hydroxylation is 2. The van der Waals surface area contributed by atoms with E-state index in [0.717, 1.165) is 25.1 Å². The van der Waals surface area contributed by atoms with Crippen molar-refractivity contribution in [3.63, 3.8) is 0 Å². The van der Waals surface area contributed by atoms with Crippen molar-refractivity contribution in [2.45, 2.75) is 40.2 Å². The van der Waals surface area contributed by atoms with Crippen molar-refractivity contribution < 1.29 is 4.79 Å². The molecule has 2 N–H and O–H groups in total. The Labute approximate surface area is 109 Å². The second-order valence-electron chi connectivity index (χ2n) is 4.42. The third-order valence-electron chi connectivity index (χ3n) is 2.89. The first-order valence-corrected chi connectivity index (χ1v) is 6.67. The molecule has 0 bridgehead atoms. The van der Waals surface area contributed by atoms with Crippen LogP contribution < -0.4 is 5.73 Å². The van der Waals surface area contributed by atoms with Gasteiger partial charge in [0.15, 0.2) is 0 Å². The largest absolute Gasteiger partial charge is 0.336 e. The molecule has 102 valence electrons. The molecular formula is C13H24N4O. The van der Waals surface area contributed by atoms with Crippen LogP contribution in [0, 0.1) is 6.92 Å². The van der Waals surface area contributed by atoms with Gasteiger partial charge < -0.3 is 10.6 Å². The van der Waals surface area contributed by atoms with Gasteiger partial charge >= 0.3 is 0 Å². The number of aromatic nitrogens is 2. The number of amides is 1. The minimum atomic E-state index is 0.0383. The zero-order chi connectivity index (χ0) is 13.5. The zero-order valence-electron chi connectivity index (χ0n) is 11.6. The first-order chi connectivity index (χ1) is 8.63. The van der Waals surface area contributed by atoms with E-state index in [1.54, 1.807) is 4.68 Å². The van der Waals surface area contributed by atoms with Crippen molar-refractivity contribution in [2.75, 3.05) is 19.6 Å². The Balaban J connectivity index is 2.86. The molecule has 0 aromatic carbocycles. The summed E-state index contributed by atoms with van der Waals surface area (Å²) in [5.41, 5.74) is 7.12. The molecule has 1 rings (SSSR count). The van der Waals surface area contributed by atoms with Gasteiger partial charge in [-0.25, -0.2) is 0 Å². The number of hydrogen-bond donors (Lipinski definition) is 1. The van der Waals surface area contributed by atoms with Crippen LogP contribution in [0.2, 0.25) is 0 Å². The summed E-state index contributed by atoms with van der Waals surface area (Å²) in [4.78, 5) is 14.3. The van der Waals surface area contributed by atoms with E-state index < -0.39 is 0 Å². The lowest BCUT2D eigenvalue weighted by atomic mass is 10.2. The highest BCUT2D eigenvalue weighted by Crippen LogP contribution is 2.09. The van der Waals surface area contributed by atoms with E-state index in [0.29, 0.717) is 25.3 Å². The van der Waals surface area contributed by atoms with Crippen molar-refractivity contribution >= 4 is 5.91 Å². The van der Waals surface area contributed by atoms with Crippen LogP contribution in [0.4, 0.5) is 0 Å². The summed E-state index contributed by atoms with van der Waals surface area (Å²) in [6, 6.07) is 1.85. The van der Waals surface area contributed by atoms with Gasteiger partial charge in [-0.2, -0.15) is 5.10 Å². The summed E-state index contributed by atoms with van der Waals surface area (Å²) < 4.78 is 1.76. The van der Waals surface area contributed by atoms with Crippen LogP contribution in [0.25, 0.3) is 0 Å². The molecule has 18 heavy (non-hydrogen) atoms. The predicted molar refractivity (Wildman–Crippen MR) is 72.5 cm³/mol. The van der Waals surface area contributed by atoms with Crippen LogP contribution in [-0.4, -0.2) is 40.2 Å². The van der Waals surface area contributed by atoms with E-state index in [4.69, 9.17) is 5.73 Å². The average molecular weight is 252 g/mol. The van der Waals surface area contributed by atoms with Gasteiger partial charge in [0.1, 0.15) is 5.69 Å². The average Bonchev–Trinajstić information content (AvgIpc) is 2.75. The van der Waals surface area contributed by atoms with Crippen LogP contribution in [0.15, 0.2) is 6.07 Å². The van der Waals surface area contributed by atoms with E-state index in [1.165, 1.54) is 0 Å². The molecule has 0 saturated carbocycles. The van der Waals surface area contributed by atoms with Crippen LogP contribution in [0.5, 0.6) is 0 Å². The lowest BCUT2D eigenvalue weighted by Gasteiger charge is -2.21. The van der Waals surface area contributed by atoms with E-state index in [1.807, 2.05) is 24.8 Å². The smallest absolute Gasteiger partial charge is 0.272 e. The van der Waals surface area contributed by atoms with Crippen LogP contribution >= 0.6 is 0 Å². The van der Waals surface area contributed by atoms with Gasteiger partial charge in [-0.1, -0.05) is 13.3 Å². The highest BCUT2D eigenvalue weighted by Gasteiger charge is 2.19. The second-order valence-corrected chi connectivity index (χ2v) is 4.42. The first-order valence-electron chi connectivity index (χ1n) is 6.67. The highest BCUT2D eigenvalue weighted by molar-refractivity contribution is 5.92. The van der Waals surface area contributed by atoms with Crippen molar-refractivity contribution in [1.82, 2.24) is 14.7 Å². The lowest BCUT2D eigenvalue weighted by molar-refractivity contribution is 0.0745. The maximum Gasteiger partial charge on any atom is 0.272 e. The number of carbonyl (C=O) groups is 1. The molecule has 1 amide bonds. The number of rotatable bonds is 7. The summed E-state index contributed by atoms with van der Waals surface area (Å²) >= 11 is 0. The summed E-state index contributed by atoms with van der Waals surface area (Å²) in [7, 11) is 0. The van der Waals surface area contributed by atoms with Gasteiger partial charge in [-0.3, -0.25) is 9.48 Å². The molecular weight excluding hydrogens is 228 g/mol. The fourth-order valence-electron chi connectivity index (χ4n) is 1.94. The Morgan fingerprint density at radius 3 is 2.72 bits per heavy atom. The molecule has 5 nitrogen and oxygen atoms in total. The molecule has 1 aromatic rings. The zero-order valence-corrected chi connectivity index (χ0v) is 11.6. The summed E-state index contributed by atoms with van der Waals surface area (Å²) in [5.74, 6) is 0.0383. The van der Waals surface area contributed by atoms with Gasteiger partial charge in [0.05, 0.1) is 5.69 Å². The van der Waals surface area contributed by atoms with Gasteiger partial charge in [0.25, 0.3) is 5.91 Å². The first kappa shape index (κ1) is 14.7. The second kappa shape index (κ2) is 7.16.